The minimum atomic E-state index is -0.958. The topological polar surface area (TPSA) is 72.8 Å². The van der Waals surface area contributed by atoms with E-state index in [0.717, 1.165) is 31.6 Å². The molecule has 1 N–H and O–H groups in total. The van der Waals surface area contributed by atoms with Gasteiger partial charge in [0.05, 0.1) is 19.1 Å². The van der Waals surface area contributed by atoms with Gasteiger partial charge in [-0.1, -0.05) is 54.9 Å². The van der Waals surface area contributed by atoms with Crippen molar-refractivity contribution in [3.05, 3.63) is 11.8 Å². The number of hydrogen-bond donors (Lipinski definition) is 1. The number of fused-ring (bicyclic) bond motifs is 7. The lowest BCUT2D eigenvalue weighted by molar-refractivity contribution is -0.243. The van der Waals surface area contributed by atoms with Crippen LogP contribution in [0.2, 0.25) is 0 Å². The summed E-state index contributed by atoms with van der Waals surface area (Å²) in [6.45, 7) is 17.0. The van der Waals surface area contributed by atoms with E-state index in [4.69, 9.17) is 14.6 Å². The van der Waals surface area contributed by atoms with Crippen molar-refractivity contribution >= 4 is 11.9 Å². The van der Waals surface area contributed by atoms with E-state index >= 15 is 0 Å². The summed E-state index contributed by atoms with van der Waals surface area (Å²) in [5.41, 5.74) is 2.09. The Morgan fingerprint density at radius 1 is 0.973 bits per heavy atom. The van der Waals surface area contributed by atoms with Crippen LogP contribution in [0.5, 0.6) is 0 Å². The first-order valence-electron chi connectivity index (χ1n) is 14.9. The number of rotatable bonds is 4. The van der Waals surface area contributed by atoms with Crippen LogP contribution in [-0.4, -0.2) is 29.3 Å². The Bertz CT molecular complexity index is 984. The second-order valence-electron chi connectivity index (χ2n) is 15.3. The van der Waals surface area contributed by atoms with Crippen LogP contribution in [0.4, 0.5) is 0 Å². The molecule has 0 amide bonds. The fourth-order valence-corrected chi connectivity index (χ4v) is 10.3. The monoisotopic (exact) mass is 514 g/mol. The van der Waals surface area contributed by atoms with Gasteiger partial charge >= 0.3 is 11.9 Å². The van der Waals surface area contributed by atoms with Gasteiger partial charge in [-0.25, -0.2) is 0 Å². The Balaban J connectivity index is 1.42. The van der Waals surface area contributed by atoms with Gasteiger partial charge < -0.3 is 14.6 Å². The van der Waals surface area contributed by atoms with Gasteiger partial charge in [0.15, 0.2) is 0 Å². The van der Waals surface area contributed by atoms with E-state index in [1.54, 1.807) is 5.57 Å². The van der Waals surface area contributed by atoms with Gasteiger partial charge in [-0.15, -0.1) is 0 Å². The van der Waals surface area contributed by atoms with E-state index in [1.165, 1.54) is 32.1 Å². The molecule has 5 nitrogen and oxygen atoms in total. The third-order valence-electron chi connectivity index (χ3n) is 12.9. The van der Waals surface area contributed by atoms with Gasteiger partial charge in [0.1, 0.15) is 12.2 Å². The summed E-state index contributed by atoms with van der Waals surface area (Å²) < 4.78 is 12.9. The molecule has 9 unspecified atom stereocenters. The predicted molar refractivity (Wildman–Crippen MR) is 144 cm³/mol. The molecule has 4 aliphatic carbocycles. The van der Waals surface area contributed by atoms with Gasteiger partial charge in [0.25, 0.3) is 0 Å². The second kappa shape index (κ2) is 8.74. The highest BCUT2D eigenvalue weighted by Gasteiger charge is 2.69. The van der Waals surface area contributed by atoms with Gasteiger partial charge in [-0.3, -0.25) is 9.59 Å². The largest absolute Gasteiger partial charge is 0.497 e. The number of carbonyl (C=O) groups excluding carboxylic acids is 1. The van der Waals surface area contributed by atoms with Crippen molar-refractivity contribution in [3.63, 3.8) is 0 Å². The third-order valence-corrected chi connectivity index (χ3v) is 12.9. The first-order valence-corrected chi connectivity index (χ1v) is 14.9. The summed E-state index contributed by atoms with van der Waals surface area (Å²) in [6, 6.07) is 0. The van der Waals surface area contributed by atoms with Crippen LogP contribution in [0.15, 0.2) is 11.8 Å². The standard InChI is InChI=1S/C32H50O5/c1-20-10-13-29(4)16-17-31(6)22(21(29)18-20)19-36-27-30(5)14-12-24(37-26(35)9-8-25(33)34)28(2,3)23(30)11-15-32(27,31)7/h19-21,23-24,27H,8-18H2,1-7H3,(H,33,34). The molecule has 208 valence electrons. The molecule has 0 bridgehead atoms. The van der Waals surface area contributed by atoms with Crippen LogP contribution in [0.3, 0.4) is 0 Å². The number of carboxylic acid groups (broad SMARTS) is 1. The van der Waals surface area contributed by atoms with Crippen molar-refractivity contribution in [3.8, 4) is 0 Å². The summed E-state index contributed by atoms with van der Waals surface area (Å²) in [5.74, 6) is 0.460. The number of carbonyl (C=O) groups is 2. The number of carboxylic acids is 1. The quantitative estimate of drug-likeness (QED) is 0.393. The lowest BCUT2D eigenvalue weighted by atomic mass is 9.37. The minimum Gasteiger partial charge on any atom is -0.497 e. The van der Waals surface area contributed by atoms with E-state index in [-0.39, 0.29) is 52.7 Å². The zero-order valence-electron chi connectivity index (χ0n) is 24.3. The number of ether oxygens (including phenoxy) is 2. The highest BCUT2D eigenvalue weighted by atomic mass is 16.5. The number of aliphatic carboxylic acids is 1. The fraction of sp³-hybridized carbons (Fsp3) is 0.875. The summed E-state index contributed by atoms with van der Waals surface area (Å²) in [4.78, 5) is 23.4. The Labute approximate surface area is 224 Å². The van der Waals surface area contributed by atoms with E-state index < -0.39 is 5.97 Å². The third kappa shape index (κ3) is 3.91. The molecule has 5 rings (SSSR count). The van der Waals surface area contributed by atoms with Crippen LogP contribution >= 0.6 is 0 Å². The van der Waals surface area contributed by atoms with E-state index in [1.807, 2.05) is 0 Å². The van der Waals surface area contributed by atoms with Gasteiger partial charge in [-0.05, 0) is 80.1 Å². The van der Waals surface area contributed by atoms with Crippen molar-refractivity contribution < 1.29 is 24.2 Å². The Hall–Kier alpha value is -1.52. The minimum absolute atomic E-state index is 0.00607. The molecule has 0 saturated heterocycles. The molecular formula is C32H50O5. The molecule has 0 aromatic carbocycles. The lowest BCUT2D eigenvalue weighted by Gasteiger charge is -2.70. The molecule has 0 aromatic heterocycles. The second-order valence-corrected chi connectivity index (χ2v) is 15.3. The van der Waals surface area contributed by atoms with Gasteiger partial charge in [0.2, 0.25) is 0 Å². The molecule has 1 aliphatic heterocycles. The van der Waals surface area contributed by atoms with Gasteiger partial charge in [0, 0.05) is 21.7 Å². The summed E-state index contributed by atoms with van der Waals surface area (Å²) in [6.07, 6.45) is 12.6. The van der Waals surface area contributed by atoms with Crippen molar-refractivity contribution in [2.24, 2.45) is 44.8 Å². The maximum absolute atomic E-state index is 12.5. The highest BCUT2D eigenvalue weighted by Crippen LogP contribution is 2.73. The van der Waals surface area contributed by atoms with E-state index in [9.17, 15) is 9.59 Å². The smallest absolute Gasteiger partial charge is 0.306 e. The van der Waals surface area contributed by atoms with Gasteiger partial charge in [-0.2, -0.15) is 0 Å². The lowest BCUT2D eigenvalue weighted by Crippen LogP contribution is -2.67. The van der Waals surface area contributed by atoms with E-state index in [2.05, 4.69) is 54.7 Å². The van der Waals surface area contributed by atoms with Crippen molar-refractivity contribution in [1.82, 2.24) is 0 Å². The normalized spacial score (nSPS) is 48.2. The molecule has 4 saturated carbocycles. The van der Waals surface area contributed by atoms with Crippen LogP contribution in [0.1, 0.15) is 119 Å². The maximum atomic E-state index is 12.5. The molecule has 5 heteroatoms. The number of esters is 1. The number of allylic oxidation sites excluding steroid dienone is 1. The summed E-state index contributed by atoms with van der Waals surface area (Å²) >= 11 is 0. The first-order chi connectivity index (χ1) is 17.2. The zero-order valence-corrected chi connectivity index (χ0v) is 24.3. The Kier molecular flexibility index (Phi) is 6.40. The molecule has 37 heavy (non-hydrogen) atoms. The maximum Gasteiger partial charge on any atom is 0.306 e. The van der Waals surface area contributed by atoms with Crippen LogP contribution < -0.4 is 0 Å². The molecule has 0 spiro atoms. The molecule has 4 fully saturated rings. The van der Waals surface area contributed by atoms with Crippen LogP contribution in [0.25, 0.3) is 0 Å². The molecule has 9 atom stereocenters. The SMILES string of the molecule is CC1CCC2(C)CCC3(C)C(=COC4C5(C)CCC(OC(=O)CCC(=O)O)C(C)(C)C5CCC43C)C2C1. The average Bonchev–Trinajstić information content (AvgIpc) is 2.81. The van der Waals surface area contributed by atoms with E-state index in [0.29, 0.717) is 17.3 Å². The zero-order chi connectivity index (χ0) is 27.0. The Morgan fingerprint density at radius 2 is 1.70 bits per heavy atom. The van der Waals surface area contributed by atoms with Crippen LogP contribution in [0, 0.1) is 44.8 Å². The molecule has 0 radical (unpaired) electrons. The predicted octanol–water partition coefficient (Wildman–Crippen LogP) is 7.53. The summed E-state index contributed by atoms with van der Waals surface area (Å²) in [5, 5.41) is 8.96. The Morgan fingerprint density at radius 3 is 2.41 bits per heavy atom. The molecule has 5 aliphatic rings. The summed E-state index contributed by atoms with van der Waals surface area (Å²) in [7, 11) is 0. The van der Waals surface area contributed by atoms with Crippen molar-refractivity contribution in [1.29, 1.82) is 0 Å². The van der Waals surface area contributed by atoms with Crippen molar-refractivity contribution in [2.75, 3.05) is 0 Å². The van der Waals surface area contributed by atoms with Crippen LogP contribution in [-0.2, 0) is 19.1 Å². The molecular weight excluding hydrogens is 464 g/mol. The molecule has 1 heterocycles. The van der Waals surface area contributed by atoms with Crippen molar-refractivity contribution in [2.45, 2.75) is 131 Å². The highest BCUT2D eigenvalue weighted by molar-refractivity contribution is 5.76. The average molecular weight is 515 g/mol. The number of hydrogen-bond acceptors (Lipinski definition) is 4. The first kappa shape index (κ1) is 27.1. The fourth-order valence-electron chi connectivity index (χ4n) is 10.3. The molecule has 0 aromatic rings.